The maximum Gasteiger partial charge on any atom is 0.352 e. The lowest BCUT2D eigenvalue weighted by atomic mass is 10.0. The van der Waals surface area contributed by atoms with Crippen LogP contribution in [0.4, 0.5) is 0 Å². The SMILES string of the molecule is CC(C)Oc1ccc(-c2ccc3c(c2)cc(C(=O)O)n3Cc2cccc(Cl)c2)cc1. The molecule has 0 aliphatic rings. The first-order valence-corrected chi connectivity index (χ1v) is 10.2. The van der Waals surface area contributed by atoms with Crippen molar-refractivity contribution in [1.82, 2.24) is 4.57 Å². The summed E-state index contributed by atoms with van der Waals surface area (Å²) in [4.78, 5) is 11.9. The van der Waals surface area contributed by atoms with Crippen LogP contribution in [-0.2, 0) is 6.54 Å². The maximum absolute atomic E-state index is 11.9. The van der Waals surface area contributed by atoms with Gasteiger partial charge in [-0.05, 0) is 73.0 Å². The van der Waals surface area contributed by atoms with Crippen molar-refractivity contribution in [2.24, 2.45) is 0 Å². The van der Waals surface area contributed by atoms with E-state index in [0.717, 1.165) is 33.3 Å². The van der Waals surface area contributed by atoms with Gasteiger partial charge in [0.1, 0.15) is 11.4 Å². The number of ether oxygens (including phenoxy) is 1. The fourth-order valence-corrected chi connectivity index (χ4v) is 3.83. The molecule has 3 aromatic carbocycles. The topological polar surface area (TPSA) is 51.5 Å². The number of rotatable bonds is 6. The van der Waals surface area contributed by atoms with Crippen LogP contribution in [0.5, 0.6) is 5.75 Å². The van der Waals surface area contributed by atoms with Crippen LogP contribution >= 0.6 is 11.6 Å². The minimum absolute atomic E-state index is 0.126. The first-order chi connectivity index (χ1) is 14.4. The monoisotopic (exact) mass is 419 g/mol. The van der Waals surface area contributed by atoms with Gasteiger partial charge in [-0.1, -0.05) is 41.9 Å². The van der Waals surface area contributed by atoms with Gasteiger partial charge in [0.15, 0.2) is 0 Å². The normalized spacial score (nSPS) is 11.2. The number of aromatic carboxylic acids is 1. The zero-order chi connectivity index (χ0) is 21.3. The molecular weight excluding hydrogens is 398 g/mol. The zero-order valence-electron chi connectivity index (χ0n) is 16.8. The third kappa shape index (κ3) is 4.19. The summed E-state index contributed by atoms with van der Waals surface area (Å²) in [6, 6.07) is 23.1. The van der Waals surface area contributed by atoms with E-state index in [-0.39, 0.29) is 11.8 Å². The number of aromatic nitrogens is 1. The van der Waals surface area contributed by atoms with Crippen LogP contribution in [0.1, 0.15) is 29.9 Å². The highest BCUT2D eigenvalue weighted by atomic mass is 35.5. The lowest BCUT2D eigenvalue weighted by Crippen LogP contribution is -2.09. The van der Waals surface area contributed by atoms with Crippen molar-refractivity contribution >= 4 is 28.5 Å². The third-order valence-electron chi connectivity index (χ3n) is 4.91. The molecule has 0 saturated carbocycles. The second-order valence-electron chi connectivity index (χ2n) is 7.52. The smallest absolute Gasteiger partial charge is 0.352 e. The molecule has 4 rings (SSSR count). The lowest BCUT2D eigenvalue weighted by molar-refractivity contribution is 0.0686. The fraction of sp³-hybridized carbons (Fsp3) is 0.160. The van der Waals surface area contributed by atoms with Gasteiger partial charge in [-0.15, -0.1) is 0 Å². The Hall–Kier alpha value is -3.24. The summed E-state index contributed by atoms with van der Waals surface area (Å²) in [6.07, 6.45) is 0.126. The number of halogens is 1. The van der Waals surface area contributed by atoms with Crippen LogP contribution in [0.25, 0.3) is 22.0 Å². The number of nitrogens with zero attached hydrogens (tertiary/aromatic N) is 1. The Balaban J connectivity index is 1.72. The Morgan fingerprint density at radius 1 is 1.00 bits per heavy atom. The number of fused-ring (bicyclic) bond motifs is 1. The highest BCUT2D eigenvalue weighted by Crippen LogP contribution is 2.29. The van der Waals surface area contributed by atoms with Crippen LogP contribution < -0.4 is 4.74 Å². The van der Waals surface area contributed by atoms with E-state index in [1.165, 1.54) is 0 Å². The summed E-state index contributed by atoms with van der Waals surface area (Å²) >= 11 is 6.10. The predicted octanol–water partition coefficient (Wildman–Crippen LogP) is 6.50. The van der Waals surface area contributed by atoms with Gasteiger partial charge in [0.2, 0.25) is 0 Å². The number of carboxylic acid groups (broad SMARTS) is 1. The number of carboxylic acids is 1. The standard InChI is InChI=1S/C25H22ClNO3/c1-16(2)30-22-9-6-18(7-10-22)19-8-11-23-20(13-19)14-24(25(28)29)27(23)15-17-4-3-5-21(26)12-17/h3-14,16H,15H2,1-2H3,(H,28,29). The summed E-state index contributed by atoms with van der Waals surface area (Å²) < 4.78 is 7.52. The van der Waals surface area contributed by atoms with Crippen molar-refractivity contribution in [2.45, 2.75) is 26.5 Å². The van der Waals surface area contributed by atoms with Gasteiger partial charge in [-0.2, -0.15) is 0 Å². The second kappa shape index (κ2) is 8.25. The van der Waals surface area contributed by atoms with E-state index in [1.54, 1.807) is 12.1 Å². The van der Waals surface area contributed by atoms with Gasteiger partial charge in [0, 0.05) is 22.5 Å². The summed E-state index contributed by atoms with van der Waals surface area (Å²) in [5.41, 5.74) is 4.15. The quantitative estimate of drug-likeness (QED) is 0.388. The van der Waals surface area contributed by atoms with Crippen LogP contribution in [0, 0.1) is 0 Å². The predicted molar refractivity (Wildman–Crippen MR) is 121 cm³/mol. The van der Waals surface area contributed by atoms with E-state index in [9.17, 15) is 9.90 Å². The Morgan fingerprint density at radius 2 is 1.73 bits per heavy atom. The van der Waals surface area contributed by atoms with E-state index < -0.39 is 5.97 Å². The molecular formula is C25H22ClNO3. The second-order valence-corrected chi connectivity index (χ2v) is 7.95. The van der Waals surface area contributed by atoms with E-state index in [1.807, 2.05) is 79.1 Å². The summed E-state index contributed by atoms with van der Waals surface area (Å²) in [6.45, 7) is 4.43. The summed E-state index contributed by atoms with van der Waals surface area (Å²) in [5, 5.41) is 11.2. The van der Waals surface area contributed by atoms with Gasteiger partial charge in [-0.25, -0.2) is 4.79 Å². The number of hydrogen-bond donors (Lipinski definition) is 1. The fourth-order valence-electron chi connectivity index (χ4n) is 3.61. The largest absolute Gasteiger partial charge is 0.491 e. The van der Waals surface area contributed by atoms with E-state index >= 15 is 0 Å². The number of benzene rings is 3. The molecule has 0 saturated heterocycles. The first-order valence-electron chi connectivity index (χ1n) is 9.79. The molecule has 0 radical (unpaired) electrons. The number of hydrogen-bond acceptors (Lipinski definition) is 2. The number of carbonyl (C=O) groups is 1. The van der Waals surface area contributed by atoms with E-state index in [4.69, 9.17) is 16.3 Å². The molecule has 1 aromatic heterocycles. The average molecular weight is 420 g/mol. The molecule has 0 spiro atoms. The molecule has 0 amide bonds. The minimum Gasteiger partial charge on any atom is -0.491 e. The maximum atomic E-state index is 11.9. The van der Waals surface area contributed by atoms with Crippen molar-refractivity contribution in [1.29, 1.82) is 0 Å². The van der Waals surface area contributed by atoms with Crippen molar-refractivity contribution in [3.05, 3.63) is 89.1 Å². The Kier molecular flexibility index (Phi) is 5.51. The van der Waals surface area contributed by atoms with E-state index in [2.05, 4.69) is 0 Å². The van der Waals surface area contributed by atoms with Gasteiger partial charge < -0.3 is 14.4 Å². The van der Waals surface area contributed by atoms with Crippen LogP contribution in [-0.4, -0.2) is 21.7 Å². The molecule has 30 heavy (non-hydrogen) atoms. The van der Waals surface area contributed by atoms with Crippen molar-refractivity contribution in [3.8, 4) is 16.9 Å². The molecule has 4 aromatic rings. The molecule has 1 heterocycles. The first kappa shape index (κ1) is 20.0. The highest BCUT2D eigenvalue weighted by molar-refractivity contribution is 6.30. The van der Waals surface area contributed by atoms with Crippen molar-refractivity contribution in [3.63, 3.8) is 0 Å². The van der Waals surface area contributed by atoms with Crippen LogP contribution in [0.2, 0.25) is 5.02 Å². The highest BCUT2D eigenvalue weighted by Gasteiger charge is 2.16. The average Bonchev–Trinajstić information content (AvgIpc) is 3.06. The van der Waals surface area contributed by atoms with Gasteiger partial charge in [0.25, 0.3) is 0 Å². The molecule has 0 atom stereocenters. The lowest BCUT2D eigenvalue weighted by Gasteiger charge is -2.11. The molecule has 0 fully saturated rings. The molecule has 0 aliphatic carbocycles. The summed E-state index contributed by atoms with van der Waals surface area (Å²) in [7, 11) is 0. The van der Waals surface area contributed by atoms with Gasteiger partial charge >= 0.3 is 5.97 Å². The molecule has 0 unspecified atom stereocenters. The van der Waals surface area contributed by atoms with Crippen molar-refractivity contribution in [2.75, 3.05) is 0 Å². The Bertz CT molecular complexity index is 1210. The molecule has 5 heteroatoms. The molecule has 152 valence electrons. The molecule has 1 N–H and O–H groups in total. The minimum atomic E-state index is -0.954. The third-order valence-corrected chi connectivity index (χ3v) is 5.14. The molecule has 4 nitrogen and oxygen atoms in total. The summed E-state index contributed by atoms with van der Waals surface area (Å²) in [5.74, 6) is -0.124. The van der Waals surface area contributed by atoms with Gasteiger partial charge in [-0.3, -0.25) is 0 Å². The van der Waals surface area contributed by atoms with E-state index in [0.29, 0.717) is 11.6 Å². The molecule has 0 aliphatic heterocycles. The zero-order valence-corrected chi connectivity index (χ0v) is 17.6. The van der Waals surface area contributed by atoms with Gasteiger partial charge in [0.05, 0.1) is 6.10 Å². The van der Waals surface area contributed by atoms with Crippen molar-refractivity contribution < 1.29 is 14.6 Å². The van der Waals surface area contributed by atoms with Crippen LogP contribution in [0.3, 0.4) is 0 Å². The Morgan fingerprint density at radius 3 is 2.40 bits per heavy atom. The Labute approximate surface area is 180 Å². The van der Waals surface area contributed by atoms with Crippen LogP contribution in [0.15, 0.2) is 72.8 Å². The molecule has 0 bridgehead atoms.